The molecule has 0 fully saturated rings. The molecule has 0 N–H and O–H groups in total. The zero-order valence-electron chi connectivity index (χ0n) is 68.2. The van der Waals surface area contributed by atoms with Crippen molar-refractivity contribution in [2.45, 2.75) is 60.8 Å². The molecule has 0 radical (unpaired) electrons. The Hall–Kier alpha value is -15.7. The van der Waals surface area contributed by atoms with Crippen LogP contribution >= 0.6 is 0 Å². The quantitative estimate of drug-likeness (QED) is 0.0592. The summed E-state index contributed by atoms with van der Waals surface area (Å²) in [6.07, 6.45) is 0.737. The van der Waals surface area contributed by atoms with E-state index in [1.165, 1.54) is 0 Å². The molecule has 0 unspecified atom stereocenters. The van der Waals surface area contributed by atoms with Crippen LogP contribution < -0.4 is 28.4 Å². The van der Waals surface area contributed by atoms with Crippen molar-refractivity contribution >= 4 is 35.8 Å². The predicted octanol–water partition coefficient (Wildman–Crippen LogP) is 25.6. The van der Waals surface area contributed by atoms with Crippen LogP contribution in [0.1, 0.15) is 129 Å². The van der Waals surface area contributed by atoms with Gasteiger partial charge < -0.3 is 28.4 Å². The van der Waals surface area contributed by atoms with Crippen LogP contribution in [0.5, 0.6) is 34.5 Å². The number of esters is 6. The Kier molecular flexibility index (Phi) is 20.2. The van der Waals surface area contributed by atoms with Gasteiger partial charge >= 0.3 is 35.8 Å². The van der Waals surface area contributed by atoms with Crippen molar-refractivity contribution in [3.8, 4) is 135 Å². The average Bonchev–Trinajstić information content (AvgIpc) is 1.53. The van der Waals surface area contributed by atoms with Crippen molar-refractivity contribution in [1.29, 1.82) is 0 Å². The van der Waals surface area contributed by atoms with E-state index in [2.05, 4.69) is 0 Å². The van der Waals surface area contributed by atoms with Gasteiger partial charge in [0.25, 0.3) is 0 Å². The van der Waals surface area contributed by atoms with Crippen LogP contribution in [0.2, 0.25) is 0 Å². The van der Waals surface area contributed by atoms with Gasteiger partial charge in [0.15, 0.2) is 34.5 Å². The maximum atomic E-state index is 15.0. The van der Waals surface area contributed by atoms with Crippen molar-refractivity contribution in [2.24, 2.45) is 0 Å². The molecule has 0 heterocycles. The Bertz CT molecular complexity index is 6240. The largest absolute Gasteiger partial charge is 0.419 e. The summed E-state index contributed by atoms with van der Waals surface area (Å²) in [6.45, 7) is 12.2. The van der Waals surface area contributed by atoms with E-state index in [4.69, 9.17) is 28.4 Å². The van der Waals surface area contributed by atoms with Gasteiger partial charge in [0.05, 0.1) is 33.4 Å². The second kappa shape index (κ2) is 32.2. The highest BCUT2D eigenvalue weighted by Gasteiger charge is 2.41. The van der Waals surface area contributed by atoms with E-state index in [0.717, 1.165) is 150 Å². The number of rotatable bonds is 18. The molecule has 0 aliphatic heterocycles. The SMILES string of the molecule is Cc1ccc(-c2ccc(C(=O)Oc3cc4c(cc3OC(=O)c3ccc(-c5ccc(C)cc5)cc3)-c3c(c5c(c6c3Cc3cc(OC(=O)c7ccc(-c8ccc(C)cc8)cc7)c(OC(=O)c7ccc(-c8ccc(C)cc8)cc7)cc3-6)Cc3cc(OC(=O)c6ccc(-c7ccc(C)cc7)cc6)c(OC(=O)c6ccc(-c7ccc(C)cc7)cc6)cc3-5)C4)cc2)cc1. The van der Waals surface area contributed by atoms with Crippen molar-refractivity contribution < 1.29 is 57.2 Å². The summed E-state index contributed by atoms with van der Waals surface area (Å²) >= 11 is 0. The molecule has 0 atom stereocenters. The molecule has 0 saturated heterocycles. The third-order valence-electron chi connectivity index (χ3n) is 23.5. The lowest BCUT2D eigenvalue weighted by Gasteiger charge is -2.18. The van der Waals surface area contributed by atoms with E-state index in [9.17, 15) is 28.8 Å². The molecule has 12 nitrogen and oxygen atoms in total. The van der Waals surface area contributed by atoms with E-state index < -0.39 is 35.8 Å². The molecule has 3 aliphatic carbocycles. The van der Waals surface area contributed by atoms with Crippen LogP contribution in [0.3, 0.4) is 0 Å². The second-order valence-electron chi connectivity index (χ2n) is 32.0. The van der Waals surface area contributed by atoms with E-state index >= 15 is 0 Å². The highest BCUT2D eigenvalue weighted by molar-refractivity contribution is 6.05. The molecule has 12 heteroatoms. The molecule has 19 rings (SSSR count). The Morgan fingerprint density at radius 3 is 0.455 bits per heavy atom. The standard InChI is InChI=1S/C111H78O12/c1-64-7-19-70(20-8-64)76-31-43-82(44-32-76)106(112)118-97-58-88-55-94-103(91(88)61-100(97)121-109(115)85-49-37-79(38-50-85)73-25-13-67(4)14-26-73)95-56-89-59-98(119-107(113)83-45-33-77(34-46-83)71-21-9-65(2)10-22-71)102(123-111(117)87-53-41-81(42-54-87)75-29-17-69(6)18-30-75)63-93(89)105(95)96-57-90-60-99(120-108(114)84-47-35-78(36-48-84)72-23-11-66(3)12-24-72)101(62-92(90)104(94)96)122-110(116)86-51-39-80(40-52-86)74-27-15-68(5)16-28-74/h7-54,58-63H,55-57H2,1-6H3. The summed E-state index contributed by atoms with van der Waals surface area (Å²) in [5, 5.41) is 0. The minimum Gasteiger partial charge on any atom is -0.419 e. The van der Waals surface area contributed by atoms with E-state index in [1.807, 2.05) is 260 Å². The number of fused-ring (bicyclic) bond motifs is 12. The van der Waals surface area contributed by atoms with Gasteiger partial charge in [0.1, 0.15) is 0 Å². The van der Waals surface area contributed by atoms with Gasteiger partial charge in [0.2, 0.25) is 0 Å². The zero-order chi connectivity index (χ0) is 84.3. The number of carbonyl (C=O) groups excluding carboxylic acids is 6. The number of hydrogen-bond donors (Lipinski definition) is 0. The molecule has 3 aliphatic rings. The fourth-order valence-electron chi connectivity index (χ4n) is 16.6. The molecule has 123 heavy (non-hydrogen) atoms. The summed E-state index contributed by atoms with van der Waals surface area (Å²) in [4.78, 5) is 89.5. The van der Waals surface area contributed by atoms with Crippen LogP contribution in [0.15, 0.2) is 328 Å². The first-order chi connectivity index (χ1) is 59.8. The lowest BCUT2D eigenvalue weighted by atomic mass is 9.86. The van der Waals surface area contributed by atoms with Gasteiger partial charge in [-0.2, -0.15) is 0 Å². The number of carbonyl (C=O) groups is 6. The molecule has 0 amide bonds. The van der Waals surface area contributed by atoms with Gasteiger partial charge in [-0.25, -0.2) is 28.8 Å². The van der Waals surface area contributed by atoms with Gasteiger partial charge in [-0.15, -0.1) is 0 Å². The van der Waals surface area contributed by atoms with E-state index in [1.54, 1.807) is 109 Å². The monoisotopic (exact) mass is 1600 g/mol. The van der Waals surface area contributed by atoms with Crippen molar-refractivity contribution in [3.05, 3.63) is 428 Å². The van der Waals surface area contributed by atoms with Crippen LogP contribution in [-0.2, 0) is 19.3 Å². The normalized spacial score (nSPS) is 11.8. The van der Waals surface area contributed by atoms with Crippen molar-refractivity contribution in [3.63, 3.8) is 0 Å². The maximum absolute atomic E-state index is 15.0. The number of ether oxygens (including phenoxy) is 6. The summed E-state index contributed by atoms with van der Waals surface area (Å²) in [7, 11) is 0. The minimum absolute atomic E-state index is 0.0133. The third-order valence-corrected chi connectivity index (χ3v) is 23.5. The highest BCUT2D eigenvalue weighted by atomic mass is 16.6. The first-order valence-corrected chi connectivity index (χ1v) is 40.9. The van der Waals surface area contributed by atoms with Crippen LogP contribution in [0.4, 0.5) is 0 Å². The Balaban J connectivity index is 0.766. The number of benzene rings is 16. The fourth-order valence-corrected chi connectivity index (χ4v) is 16.6. The van der Waals surface area contributed by atoms with Crippen molar-refractivity contribution in [2.75, 3.05) is 0 Å². The lowest BCUT2D eigenvalue weighted by Crippen LogP contribution is -2.13. The Labute approximate surface area is 711 Å². The second-order valence-corrected chi connectivity index (χ2v) is 32.0. The summed E-state index contributed by atoms with van der Waals surface area (Å²) in [6, 6.07) is 102. The summed E-state index contributed by atoms with van der Waals surface area (Å²) < 4.78 is 39.1. The van der Waals surface area contributed by atoms with Gasteiger partial charge in [-0.05, 0) is 304 Å². The minimum atomic E-state index is -0.711. The fraction of sp³-hybridized carbons (Fsp3) is 0.0811. The molecular formula is C111H78O12. The molecule has 16 aromatic rings. The molecule has 0 spiro atoms. The molecule has 16 aromatic carbocycles. The number of aryl methyl sites for hydroxylation is 6. The van der Waals surface area contributed by atoms with Crippen LogP contribution in [0.25, 0.3) is 100 Å². The molecular weight excluding hydrogens is 1530 g/mol. The van der Waals surface area contributed by atoms with Crippen LogP contribution in [0, 0.1) is 41.5 Å². The van der Waals surface area contributed by atoms with Gasteiger partial charge in [-0.1, -0.05) is 252 Å². The van der Waals surface area contributed by atoms with Gasteiger partial charge in [0, 0.05) is 0 Å². The first kappa shape index (κ1) is 77.3. The molecule has 0 bridgehead atoms. The Morgan fingerprint density at radius 2 is 0.309 bits per heavy atom. The topological polar surface area (TPSA) is 158 Å². The summed E-state index contributed by atoms with van der Waals surface area (Å²) in [5.41, 5.74) is 28.3. The Morgan fingerprint density at radius 1 is 0.179 bits per heavy atom. The van der Waals surface area contributed by atoms with E-state index in [-0.39, 0.29) is 87.1 Å². The van der Waals surface area contributed by atoms with Gasteiger partial charge in [-0.3, -0.25) is 0 Å². The van der Waals surface area contributed by atoms with E-state index in [0.29, 0.717) is 16.7 Å². The zero-order valence-corrected chi connectivity index (χ0v) is 68.2. The molecule has 0 saturated carbocycles. The summed E-state index contributed by atoms with van der Waals surface area (Å²) in [5.74, 6) is -4.37. The highest BCUT2D eigenvalue weighted by Crippen LogP contribution is 2.60. The first-order valence-electron chi connectivity index (χ1n) is 40.9. The third kappa shape index (κ3) is 15.6. The lowest BCUT2D eigenvalue weighted by molar-refractivity contribution is 0.0682. The predicted molar refractivity (Wildman–Crippen MR) is 481 cm³/mol. The molecule has 0 aromatic heterocycles. The smallest absolute Gasteiger partial charge is 0.343 e. The van der Waals surface area contributed by atoms with Crippen LogP contribution in [-0.4, -0.2) is 35.8 Å². The maximum Gasteiger partial charge on any atom is 0.343 e. The molecule has 594 valence electrons. The number of hydrogen-bond acceptors (Lipinski definition) is 12. The average molecular weight is 1600 g/mol. The van der Waals surface area contributed by atoms with Crippen molar-refractivity contribution in [1.82, 2.24) is 0 Å².